The van der Waals surface area contributed by atoms with Gasteiger partial charge in [-0.3, -0.25) is 0 Å². The van der Waals surface area contributed by atoms with Crippen molar-refractivity contribution in [1.29, 1.82) is 0 Å². The van der Waals surface area contributed by atoms with Crippen LogP contribution in [0.1, 0.15) is 90.9 Å². The Bertz CT molecular complexity index is 972. The monoisotopic (exact) mass is 539 g/mol. The van der Waals surface area contributed by atoms with Gasteiger partial charge in [0.05, 0.1) is 11.7 Å². The molecule has 220 valence electrons. The lowest BCUT2D eigenvalue weighted by Crippen LogP contribution is -2.76. The van der Waals surface area contributed by atoms with Crippen LogP contribution < -0.4 is 16.0 Å². The summed E-state index contributed by atoms with van der Waals surface area (Å²) in [6.45, 7) is 6.96. The maximum absolute atomic E-state index is 12.7. The molecular formula is C34H57N3O2. The molecule has 39 heavy (non-hydrogen) atoms. The van der Waals surface area contributed by atoms with Crippen LogP contribution in [0.5, 0.6) is 0 Å². The number of likely N-dealkylation sites (N-methyl/N-ethyl adjacent to an activating group) is 1. The number of fused-ring (bicyclic) bond motifs is 5. The third-order valence-corrected chi connectivity index (χ3v) is 14.2. The van der Waals surface area contributed by atoms with Crippen LogP contribution in [-0.2, 0) is 0 Å². The topological polar surface area (TPSA) is 76.5 Å². The molecule has 5 N–H and O–H groups in total. The molecule has 6 aliphatic carbocycles. The molecule has 5 heteroatoms. The van der Waals surface area contributed by atoms with E-state index in [1.165, 1.54) is 44.9 Å². The predicted octanol–water partition coefficient (Wildman–Crippen LogP) is 4.49. The van der Waals surface area contributed by atoms with Gasteiger partial charge in [0.25, 0.3) is 0 Å². The minimum Gasteiger partial charge on any atom is -0.392 e. The number of aliphatic hydroxyl groups is 2. The molecule has 5 nitrogen and oxygen atoms in total. The van der Waals surface area contributed by atoms with Gasteiger partial charge in [-0.05, 0) is 131 Å². The van der Waals surface area contributed by atoms with E-state index in [0.29, 0.717) is 29.8 Å². The highest BCUT2D eigenvalue weighted by Crippen LogP contribution is 2.83. The number of piperidine rings is 1. The van der Waals surface area contributed by atoms with Gasteiger partial charge >= 0.3 is 0 Å². The van der Waals surface area contributed by atoms with Gasteiger partial charge in [-0.2, -0.15) is 0 Å². The third-order valence-electron chi connectivity index (χ3n) is 14.2. The molecular weight excluding hydrogens is 482 g/mol. The van der Waals surface area contributed by atoms with Crippen molar-refractivity contribution >= 4 is 0 Å². The van der Waals surface area contributed by atoms with Crippen LogP contribution in [-0.4, -0.2) is 61.2 Å². The molecule has 1 saturated heterocycles. The standard InChI is InChI=1S/C34H57N3O2/c1-21(18-35-3)6-5-7-22-12-27-29-24(9-10-25(37-29)19-36-4)16-34-28(17-32(27,34)14-22)33(39)15-23-8-11-26(30(34)38)31(2,13-23)20-33/h8,11,21-30,35-39H,5-7,9-10,12-20H2,1-4H3. The molecule has 0 amide bonds. The second-order valence-corrected chi connectivity index (χ2v) is 16.4. The molecule has 14 atom stereocenters. The van der Waals surface area contributed by atoms with Crippen LogP contribution in [0.3, 0.4) is 0 Å². The van der Waals surface area contributed by atoms with Crippen LogP contribution >= 0.6 is 0 Å². The zero-order valence-corrected chi connectivity index (χ0v) is 25.2. The van der Waals surface area contributed by atoms with Crippen LogP contribution in [0.15, 0.2) is 12.2 Å². The Hall–Kier alpha value is -0.460. The van der Waals surface area contributed by atoms with E-state index in [2.05, 4.69) is 56.0 Å². The summed E-state index contributed by atoms with van der Waals surface area (Å²) in [5.41, 5.74) is -0.470. The van der Waals surface area contributed by atoms with E-state index in [0.717, 1.165) is 57.0 Å². The van der Waals surface area contributed by atoms with Crippen molar-refractivity contribution in [2.75, 3.05) is 27.2 Å². The van der Waals surface area contributed by atoms with Crippen molar-refractivity contribution in [1.82, 2.24) is 16.0 Å². The molecule has 2 spiro atoms. The molecule has 0 aromatic carbocycles. The average molecular weight is 540 g/mol. The lowest BCUT2D eigenvalue weighted by Gasteiger charge is -2.75. The molecule has 6 fully saturated rings. The molecule has 7 rings (SSSR count). The first-order valence-corrected chi connectivity index (χ1v) is 16.8. The summed E-state index contributed by atoms with van der Waals surface area (Å²) in [4.78, 5) is 0. The first-order valence-electron chi connectivity index (χ1n) is 16.8. The fourth-order valence-corrected chi connectivity index (χ4v) is 13.2. The van der Waals surface area contributed by atoms with E-state index >= 15 is 0 Å². The SMILES string of the molecule is CNCC(C)CCCC1CC2C3NC(CNC)CCC3CC34C(O)C5C=CC6CC5(C)CC(O)(C6)C3CC24C1. The van der Waals surface area contributed by atoms with Crippen LogP contribution in [0.25, 0.3) is 0 Å². The minimum atomic E-state index is -0.599. The van der Waals surface area contributed by atoms with E-state index in [9.17, 15) is 10.2 Å². The highest BCUT2D eigenvalue weighted by molar-refractivity contribution is 5.33. The van der Waals surface area contributed by atoms with Gasteiger partial charge in [-0.15, -0.1) is 0 Å². The number of hydrogen-bond acceptors (Lipinski definition) is 5. The molecule has 14 unspecified atom stereocenters. The molecule has 7 aliphatic rings. The molecule has 1 heterocycles. The summed E-state index contributed by atoms with van der Waals surface area (Å²) >= 11 is 0. The van der Waals surface area contributed by atoms with Crippen molar-refractivity contribution in [3.63, 3.8) is 0 Å². The number of nitrogens with one attached hydrogen (secondary N) is 3. The number of rotatable bonds is 8. The van der Waals surface area contributed by atoms with Crippen LogP contribution in [0.4, 0.5) is 0 Å². The first-order chi connectivity index (χ1) is 18.7. The Morgan fingerprint density at radius 3 is 2.69 bits per heavy atom. The molecule has 3 bridgehead atoms. The smallest absolute Gasteiger partial charge is 0.0693 e. The van der Waals surface area contributed by atoms with Gasteiger partial charge in [-0.1, -0.05) is 38.8 Å². The lowest BCUT2D eigenvalue weighted by atomic mass is 9.30. The van der Waals surface area contributed by atoms with Crippen molar-refractivity contribution in [2.24, 2.45) is 57.7 Å². The van der Waals surface area contributed by atoms with E-state index < -0.39 is 5.60 Å². The average Bonchev–Trinajstić information content (AvgIpc) is 3.26. The zero-order valence-electron chi connectivity index (χ0n) is 25.2. The Balaban J connectivity index is 1.24. The number of hydrogen-bond donors (Lipinski definition) is 5. The van der Waals surface area contributed by atoms with Gasteiger partial charge in [-0.25, -0.2) is 0 Å². The van der Waals surface area contributed by atoms with Gasteiger partial charge in [0.15, 0.2) is 0 Å². The maximum atomic E-state index is 12.7. The summed E-state index contributed by atoms with van der Waals surface area (Å²) in [6.07, 6.45) is 18.9. The largest absolute Gasteiger partial charge is 0.392 e. The fourth-order valence-electron chi connectivity index (χ4n) is 13.2. The highest BCUT2D eigenvalue weighted by atomic mass is 16.3. The van der Waals surface area contributed by atoms with E-state index in [1.54, 1.807) is 0 Å². The van der Waals surface area contributed by atoms with E-state index in [-0.39, 0.29) is 34.2 Å². The molecule has 5 saturated carbocycles. The zero-order chi connectivity index (χ0) is 27.2. The second-order valence-electron chi connectivity index (χ2n) is 16.4. The summed E-state index contributed by atoms with van der Waals surface area (Å²) < 4.78 is 0. The van der Waals surface area contributed by atoms with Crippen LogP contribution in [0, 0.1) is 57.7 Å². The first kappa shape index (κ1) is 27.4. The van der Waals surface area contributed by atoms with Gasteiger partial charge in [0, 0.05) is 30.0 Å². The van der Waals surface area contributed by atoms with Crippen molar-refractivity contribution in [3.05, 3.63) is 12.2 Å². The Labute approximate surface area is 237 Å². The second kappa shape index (κ2) is 9.53. The maximum Gasteiger partial charge on any atom is 0.0693 e. The molecule has 0 aromatic heterocycles. The third kappa shape index (κ3) is 3.81. The molecule has 0 radical (unpaired) electrons. The molecule has 0 aromatic rings. The van der Waals surface area contributed by atoms with Gasteiger partial charge in [0.1, 0.15) is 0 Å². The predicted molar refractivity (Wildman–Crippen MR) is 157 cm³/mol. The van der Waals surface area contributed by atoms with Gasteiger partial charge < -0.3 is 26.2 Å². The van der Waals surface area contributed by atoms with Crippen molar-refractivity contribution in [2.45, 2.75) is 115 Å². The van der Waals surface area contributed by atoms with Crippen LogP contribution in [0.2, 0.25) is 0 Å². The summed E-state index contributed by atoms with van der Waals surface area (Å²) in [5.74, 6) is 3.77. The lowest BCUT2D eigenvalue weighted by molar-refractivity contribution is -0.308. The van der Waals surface area contributed by atoms with Crippen molar-refractivity contribution in [3.8, 4) is 0 Å². The Morgan fingerprint density at radius 1 is 1.05 bits per heavy atom. The van der Waals surface area contributed by atoms with E-state index in [4.69, 9.17) is 0 Å². The number of allylic oxidation sites excluding steroid dienone is 1. The van der Waals surface area contributed by atoms with Crippen molar-refractivity contribution < 1.29 is 10.2 Å². The normalized spacial score (nSPS) is 55.6. The summed E-state index contributed by atoms with van der Waals surface area (Å²) in [5, 5.41) is 36.3. The summed E-state index contributed by atoms with van der Waals surface area (Å²) in [6, 6.07) is 1.16. The highest BCUT2D eigenvalue weighted by Gasteiger charge is 2.82. The quantitative estimate of drug-likeness (QED) is 0.294. The molecule has 1 aliphatic heterocycles. The Morgan fingerprint density at radius 2 is 1.90 bits per heavy atom. The minimum absolute atomic E-state index is 0.0373. The van der Waals surface area contributed by atoms with E-state index in [1.807, 2.05) is 0 Å². The Kier molecular flexibility index (Phi) is 6.69. The number of aliphatic hydroxyl groups excluding tert-OH is 1. The van der Waals surface area contributed by atoms with Gasteiger partial charge in [0.2, 0.25) is 0 Å². The summed E-state index contributed by atoms with van der Waals surface area (Å²) in [7, 11) is 4.16. The fraction of sp³-hybridized carbons (Fsp3) is 0.941.